The third kappa shape index (κ3) is 4.07. The number of carbonyl (C=O) groups is 1. The first kappa shape index (κ1) is 18.6. The van der Waals surface area contributed by atoms with Crippen LogP contribution >= 0.6 is 0 Å². The lowest BCUT2D eigenvalue weighted by molar-refractivity contribution is -0.935. The van der Waals surface area contributed by atoms with Gasteiger partial charge in [-0.05, 0) is 61.7 Å². The van der Waals surface area contributed by atoms with E-state index in [9.17, 15) is 4.79 Å². The molecule has 2 aromatic rings. The van der Waals surface area contributed by atoms with Crippen LogP contribution in [-0.2, 0) is 0 Å². The van der Waals surface area contributed by atoms with E-state index >= 15 is 0 Å². The van der Waals surface area contributed by atoms with Gasteiger partial charge in [0.25, 0.3) is 5.91 Å². The third-order valence-corrected chi connectivity index (χ3v) is 5.61. The number of benzene rings is 2. The van der Waals surface area contributed by atoms with Gasteiger partial charge < -0.3 is 24.4 Å². The van der Waals surface area contributed by atoms with E-state index in [2.05, 4.69) is 17.4 Å². The Balaban J connectivity index is 1.47. The summed E-state index contributed by atoms with van der Waals surface area (Å²) in [4.78, 5) is 14.3. The Morgan fingerprint density at radius 2 is 1.82 bits per heavy atom. The molecule has 0 bridgehead atoms. The third-order valence-electron chi connectivity index (χ3n) is 5.61. The monoisotopic (exact) mass is 383 g/mol. The van der Waals surface area contributed by atoms with Crippen molar-refractivity contribution in [2.75, 3.05) is 33.5 Å². The average Bonchev–Trinajstić information content (AvgIpc) is 3.23. The van der Waals surface area contributed by atoms with E-state index in [4.69, 9.17) is 14.2 Å². The maximum Gasteiger partial charge on any atom is 0.251 e. The number of rotatable bonds is 6. The van der Waals surface area contributed by atoms with E-state index in [1.807, 2.05) is 12.1 Å². The lowest BCUT2D eigenvalue weighted by atomic mass is 10.0. The summed E-state index contributed by atoms with van der Waals surface area (Å²) in [5, 5.41) is 3.13. The number of quaternary nitrogens is 1. The molecule has 0 spiro atoms. The molecule has 148 valence electrons. The molecule has 2 aromatic carbocycles. The molecule has 6 nitrogen and oxygen atoms in total. The number of likely N-dealkylation sites (tertiary alicyclic amines) is 1. The molecule has 2 aliphatic heterocycles. The number of fused-ring (bicyclic) bond motifs is 1. The van der Waals surface area contributed by atoms with Crippen LogP contribution in [0.25, 0.3) is 0 Å². The molecule has 2 heterocycles. The van der Waals surface area contributed by atoms with Crippen molar-refractivity contribution < 1.29 is 23.9 Å². The number of hydrogen-bond donors (Lipinski definition) is 2. The smallest absolute Gasteiger partial charge is 0.251 e. The molecular weight excluding hydrogens is 356 g/mol. The van der Waals surface area contributed by atoms with Crippen molar-refractivity contribution in [3.05, 3.63) is 53.6 Å². The van der Waals surface area contributed by atoms with Crippen LogP contribution in [0.5, 0.6) is 17.2 Å². The zero-order chi connectivity index (χ0) is 19.3. The number of nitrogens with one attached hydrogen (secondary N) is 2. The van der Waals surface area contributed by atoms with Crippen molar-refractivity contribution in [1.29, 1.82) is 0 Å². The molecule has 0 aliphatic carbocycles. The Kier molecular flexibility index (Phi) is 5.67. The summed E-state index contributed by atoms with van der Waals surface area (Å²) in [6.45, 7) is 3.07. The Labute approximate surface area is 165 Å². The van der Waals surface area contributed by atoms with Gasteiger partial charge in [0.05, 0.1) is 26.7 Å². The van der Waals surface area contributed by atoms with Crippen LogP contribution < -0.4 is 24.4 Å². The molecule has 0 radical (unpaired) electrons. The molecular formula is C22H27N2O4+. The van der Waals surface area contributed by atoms with Gasteiger partial charge in [-0.2, -0.15) is 0 Å². The van der Waals surface area contributed by atoms with Crippen molar-refractivity contribution in [2.45, 2.75) is 25.3 Å². The van der Waals surface area contributed by atoms with E-state index in [0.29, 0.717) is 23.6 Å². The molecule has 0 saturated carbocycles. The molecule has 2 N–H and O–H groups in total. The first-order chi connectivity index (χ1) is 13.7. The molecule has 1 saturated heterocycles. The summed E-state index contributed by atoms with van der Waals surface area (Å²) in [7, 11) is 1.67. The van der Waals surface area contributed by atoms with Gasteiger partial charge in [-0.3, -0.25) is 4.79 Å². The fourth-order valence-electron chi connectivity index (χ4n) is 4.02. The Hall–Kier alpha value is -2.73. The van der Waals surface area contributed by atoms with E-state index in [1.165, 1.54) is 29.7 Å². The number of piperidine rings is 1. The Bertz CT molecular complexity index is 816. The summed E-state index contributed by atoms with van der Waals surface area (Å²) >= 11 is 0. The molecule has 28 heavy (non-hydrogen) atoms. The van der Waals surface area contributed by atoms with Gasteiger partial charge in [-0.1, -0.05) is 0 Å². The van der Waals surface area contributed by atoms with Crippen LogP contribution in [0.3, 0.4) is 0 Å². The number of hydrogen-bond acceptors (Lipinski definition) is 4. The van der Waals surface area contributed by atoms with Crippen LogP contribution in [0, 0.1) is 0 Å². The summed E-state index contributed by atoms with van der Waals surface area (Å²) in [5.74, 6) is 2.07. The van der Waals surface area contributed by atoms with Crippen molar-refractivity contribution in [3.8, 4) is 17.2 Å². The lowest BCUT2D eigenvalue weighted by Crippen LogP contribution is -3.13. The quantitative estimate of drug-likeness (QED) is 0.801. The average molecular weight is 383 g/mol. The predicted octanol–water partition coefficient (Wildman–Crippen LogP) is 1.96. The topological polar surface area (TPSA) is 61.2 Å². The number of methoxy groups -OCH3 is 1. The Morgan fingerprint density at radius 3 is 2.57 bits per heavy atom. The molecule has 6 heteroatoms. The van der Waals surface area contributed by atoms with Gasteiger partial charge in [0, 0.05) is 11.1 Å². The van der Waals surface area contributed by atoms with Gasteiger partial charge in [-0.15, -0.1) is 0 Å². The standard InChI is InChI=1S/C22H26N2O4/c1-26-18-8-5-16(6-9-18)19(24-11-3-2-4-12-24)14-23-22(25)17-7-10-20-21(13-17)28-15-27-20/h5-10,13,19H,2-4,11-12,14-15H2,1H3,(H,23,25)/p+1/t19-/m1/s1. The zero-order valence-electron chi connectivity index (χ0n) is 16.2. The molecule has 1 fully saturated rings. The maximum absolute atomic E-state index is 12.7. The van der Waals surface area contributed by atoms with Crippen molar-refractivity contribution in [1.82, 2.24) is 5.32 Å². The fourth-order valence-corrected chi connectivity index (χ4v) is 4.02. The minimum absolute atomic E-state index is 0.0896. The highest BCUT2D eigenvalue weighted by Gasteiger charge is 2.27. The first-order valence-electron chi connectivity index (χ1n) is 9.91. The highest BCUT2D eigenvalue weighted by atomic mass is 16.7. The normalized spacial score (nSPS) is 17.2. The predicted molar refractivity (Wildman–Crippen MR) is 105 cm³/mol. The van der Waals surface area contributed by atoms with Crippen LogP contribution in [0.1, 0.15) is 41.2 Å². The van der Waals surface area contributed by atoms with Gasteiger partial charge in [0.15, 0.2) is 11.5 Å². The van der Waals surface area contributed by atoms with Crippen molar-refractivity contribution in [2.24, 2.45) is 0 Å². The minimum atomic E-state index is -0.0896. The fraction of sp³-hybridized carbons (Fsp3) is 0.409. The summed E-state index contributed by atoms with van der Waals surface area (Å²) < 4.78 is 16.0. The second-order valence-electron chi connectivity index (χ2n) is 7.32. The van der Waals surface area contributed by atoms with E-state index in [-0.39, 0.29) is 18.7 Å². The van der Waals surface area contributed by atoms with Crippen molar-refractivity contribution >= 4 is 5.91 Å². The molecule has 1 atom stereocenters. The molecule has 1 amide bonds. The minimum Gasteiger partial charge on any atom is -0.497 e. The van der Waals surface area contributed by atoms with E-state index < -0.39 is 0 Å². The SMILES string of the molecule is COc1ccc([C@@H](CNC(=O)c2ccc3c(c2)OCO3)[NH+]2CCCCC2)cc1. The number of carbonyl (C=O) groups excluding carboxylic acids is 1. The summed E-state index contributed by atoms with van der Waals surface area (Å²) in [5.41, 5.74) is 1.81. The largest absolute Gasteiger partial charge is 0.497 e. The summed E-state index contributed by atoms with van der Waals surface area (Å²) in [6.07, 6.45) is 3.76. The van der Waals surface area contributed by atoms with Crippen LogP contribution in [0.2, 0.25) is 0 Å². The molecule has 2 aliphatic rings. The highest BCUT2D eigenvalue weighted by Crippen LogP contribution is 2.32. The number of amides is 1. The molecule has 0 unspecified atom stereocenters. The van der Waals surface area contributed by atoms with Crippen molar-refractivity contribution in [3.63, 3.8) is 0 Å². The van der Waals surface area contributed by atoms with Crippen LogP contribution in [0.4, 0.5) is 0 Å². The second-order valence-corrected chi connectivity index (χ2v) is 7.32. The van der Waals surface area contributed by atoms with Gasteiger partial charge in [-0.25, -0.2) is 0 Å². The highest BCUT2D eigenvalue weighted by molar-refractivity contribution is 5.94. The van der Waals surface area contributed by atoms with Gasteiger partial charge >= 0.3 is 0 Å². The first-order valence-corrected chi connectivity index (χ1v) is 9.91. The van der Waals surface area contributed by atoms with Crippen LogP contribution in [-0.4, -0.2) is 39.4 Å². The van der Waals surface area contributed by atoms with E-state index in [0.717, 1.165) is 18.8 Å². The molecule has 4 rings (SSSR count). The second kappa shape index (κ2) is 8.52. The van der Waals surface area contributed by atoms with Crippen LogP contribution in [0.15, 0.2) is 42.5 Å². The zero-order valence-corrected chi connectivity index (χ0v) is 16.2. The summed E-state index contributed by atoms with van der Waals surface area (Å²) in [6, 6.07) is 13.7. The number of ether oxygens (including phenoxy) is 3. The van der Waals surface area contributed by atoms with E-state index in [1.54, 1.807) is 25.3 Å². The van der Waals surface area contributed by atoms with Gasteiger partial charge in [0.2, 0.25) is 6.79 Å². The Morgan fingerprint density at radius 1 is 1.07 bits per heavy atom. The molecule has 0 aromatic heterocycles. The van der Waals surface area contributed by atoms with Gasteiger partial charge in [0.1, 0.15) is 11.8 Å². The lowest BCUT2D eigenvalue weighted by Gasteiger charge is -2.32. The maximum atomic E-state index is 12.7.